The van der Waals surface area contributed by atoms with Crippen molar-refractivity contribution in [3.8, 4) is 5.75 Å². The van der Waals surface area contributed by atoms with Gasteiger partial charge in [0, 0.05) is 53.2 Å². The van der Waals surface area contributed by atoms with Crippen LogP contribution in [0.25, 0.3) is 0 Å². The van der Waals surface area contributed by atoms with Gasteiger partial charge >= 0.3 is 5.91 Å². The number of nitrogens with zero attached hydrogens (tertiary/aromatic N) is 3. The number of halogens is 3. The molecule has 0 bridgehead atoms. The number of benzene rings is 4. The molecule has 1 aliphatic heterocycles. The van der Waals surface area contributed by atoms with Crippen molar-refractivity contribution in [3.05, 3.63) is 111 Å². The SMILES string of the molecule is CCN(CC)c1ccc(NC2(NC(C)=O)C(=O)N(c3c(Cl)cc(Cl)cc3Cl)N=C2NC(=O)c2cccc(NC(=O)COc3ccc(C(C)(C)CC)cc3C(C)(C)CC)c2)cc1. The van der Waals surface area contributed by atoms with E-state index in [4.69, 9.17) is 39.5 Å². The number of nitrogens with one attached hydrogen (secondary N) is 4. The number of carbonyl (C=O) groups excluding carboxylic acids is 4. The van der Waals surface area contributed by atoms with E-state index in [1.807, 2.05) is 38.1 Å². The molecule has 0 aromatic heterocycles. The maximum Gasteiger partial charge on any atom is 0.302 e. The summed E-state index contributed by atoms with van der Waals surface area (Å²) in [6.07, 6.45) is 1.84. The highest BCUT2D eigenvalue weighted by atomic mass is 35.5. The monoisotopic (exact) mass is 889 g/mol. The fourth-order valence-electron chi connectivity index (χ4n) is 6.83. The Hall–Kier alpha value is -5.30. The largest absolute Gasteiger partial charge is 0.483 e. The zero-order valence-corrected chi connectivity index (χ0v) is 38.3. The van der Waals surface area contributed by atoms with E-state index < -0.39 is 29.3 Å². The highest BCUT2D eigenvalue weighted by Gasteiger charge is 2.55. The van der Waals surface area contributed by atoms with E-state index in [0.29, 0.717) is 17.1 Å². The Labute approximate surface area is 373 Å². The molecule has 61 heavy (non-hydrogen) atoms. The number of amidine groups is 1. The number of hydrogen-bond donors (Lipinski definition) is 4. The number of anilines is 4. The molecular formula is C46H54Cl3N7O5. The van der Waals surface area contributed by atoms with Crippen LogP contribution in [0.4, 0.5) is 22.7 Å². The highest BCUT2D eigenvalue weighted by Crippen LogP contribution is 2.41. The molecule has 324 valence electrons. The van der Waals surface area contributed by atoms with Crippen molar-refractivity contribution in [1.82, 2.24) is 10.6 Å². The van der Waals surface area contributed by atoms with Crippen LogP contribution in [0, 0.1) is 0 Å². The van der Waals surface area contributed by atoms with Crippen LogP contribution in [0.2, 0.25) is 15.1 Å². The lowest BCUT2D eigenvalue weighted by Gasteiger charge is -2.32. The molecule has 0 saturated carbocycles. The zero-order valence-electron chi connectivity index (χ0n) is 36.1. The number of carbonyl (C=O) groups is 4. The van der Waals surface area contributed by atoms with E-state index >= 15 is 0 Å². The summed E-state index contributed by atoms with van der Waals surface area (Å²) in [5.41, 5.74) is 1.62. The van der Waals surface area contributed by atoms with E-state index in [9.17, 15) is 19.2 Å². The minimum absolute atomic E-state index is 0.00217. The topological polar surface area (TPSA) is 144 Å². The van der Waals surface area contributed by atoms with E-state index in [1.165, 1.54) is 36.8 Å². The standard InChI is InChI=1S/C46H54Cl3N7O5/c1-10-44(6,7)30-17-22-38(35(24-30)45(8,9)11-2)61-27-39(58)50-33-16-14-15-29(23-33)41(59)51-42-46(52-28(5)57,53-32-18-20-34(21-19-32)55(12-3)13-4)43(60)56(54-42)40-36(48)25-31(47)26-37(40)49/h14-26,53H,10-13,27H2,1-9H3,(H,50,58)(H,52,57)(H,51,54,59). The van der Waals surface area contributed by atoms with Gasteiger partial charge in [-0.05, 0) is 104 Å². The molecule has 12 nitrogen and oxygen atoms in total. The molecule has 1 aliphatic rings. The quantitative estimate of drug-likeness (QED) is 0.0820. The normalized spacial score (nSPS) is 15.2. The second kappa shape index (κ2) is 19.2. The maximum atomic E-state index is 14.6. The summed E-state index contributed by atoms with van der Waals surface area (Å²) in [5.74, 6) is -2.24. The van der Waals surface area contributed by atoms with Crippen LogP contribution in [-0.4, -0.2) is 54.8 Å². The van der Waals surface area contributed by atoms with Gasteiger partial charge in [-0.3, -0.25) is 19.2 Å². The molecule has 5 rings (SSSR count). The van der Waals surface area contributed by atoms with Gasteiger partial charge in [-0.2, -0.15) is 5.01 Å². The van der Waals surface area contributed by atoms with Crippen molar-refractivity contribution in [3.63, 3.8) is 0 Å². The first-order chi connectivity index (χ1) is 28.8. The summed E-state index contributed by atoms with van der Waals surface area (Å²) in [5, 5.41) is 17.0. The molecule has 0 saturated heterocycles. The lowest BCUT2D eigenvalue weighted by atomic mass is 9.76. The van der Waals surface area contributed by atoms with Gasteiger partial charge in [-0.25, -0.2) is 0 Å². The minimum atomic E-state index is -2.15. The van der Waals surface area contributed by atoms with Crippen LogP contribution in [0.15, 0.2) is 84.0 Å². The zero-order chi connectivity index (χ0) is 44.9. The molecule has 0 aliphatic carbocycles. The van der Waals surface area contributed by atoms with Gasteiger partial charge < -0.3 is 30.9 Å². The molecular weight excluding hydrogens is 837 g/mol. The van der Waals surface area contributed by atoms with Gasteiger partial charge in [0.05, 0.1) is 10.0 Å². The predicted molar refractivity (Wildman–Crippen MR) is 248 cm³/mol. The van der Waals surface area contributed by atoms with Crippen LogP contribution in [0.5, 0.6) is 5.75 Å². The van der Waals surface area contributed by atoms with Crippen LogP contribution in [-0.2, 0) is 25.2 Å². The number of hydrogen-bond acceptors (Lipinski definition) is 8. The molecule has 15 heteroatoms. The smallest absolute Gasteiger partial charge is 0.302 e. The summed E-state index contributed by atoms with van der Waals surface area (Å²) in [7, 11) is 0. The first kappa shape index (κ1) is 46.8. The molecule has 1 unspecified atom stereocenters. The van der Waals surface area contributed by atoms with Gasteiger partial charge in [0.1, 0.15) is 11.4 Å². The molecule has 0 spiro atoms. The number of ether oxygens (including phenoxy) is 1. The van der Waals surface area contributed by atoms with E-state index in [0.717, 1.165) is 42.2 Å². The van der Waals surface area contributed by atoms with Crippen LogP contribution < -0.4 is 35.9 Å². The van der Waals surface area contributed by atoms with Crippen LogP contribution in [0.1, 0.15) is 96.6 Å². The highest BCUT2D eigenvalue weighted by molar-refractivity contribution is 6.43. The lowest BCUT2D eigenvalue weighted by Crippen LogP contribution is -2.67. The Morgan fingerprint density at radius 3 is 2.03 bits per heavy atom. The minimum Gasteiger partial charge on any atom is -0.483 e. The van der Waals surface area contributed by atoms with Gasteiger partial charge in [-0.15, -0.1) is 5.10 Å². The fourth-order valence-corrected chi connectivity index (χ4v) is 7.80. The predicted octanol–water partition coefficient (Wildman–Crippen LogP) is 9.92. The van der Waals surface area contributed by atoms with Crippen molar-refractivity contribution in [1.29, 1.82) is 0 Å². The molecule has 1 atom stereocenters. The van der Waals surface area contributed by atoms with Crippen molar-refractivity contribution < 1.29 is 23.9 Å². The van der Waals surface area contributed by atoms with Gasteiger partial charge in [0.15, 0.2) is 12.4 Å². The first-order valence-electron chi connectivity index (χ1n) is 20.3. The van der Waals surface area contributed by atoms with Crippen LogP contribution in [0.3, 0.4) is 0 Å². The summed E-state index contributed by atoms with van der Waals surface area (Å²) >= 11 is 19.3. The fraction of sp³-hybridized carbons (Fsp3) is 0.370. The van der Waals surface area contributed by atoms with Crippen molar-refractivity contribution >= 4 is 87.0 Å². The van der Waals surface area contributed by atoms with Gasteiger partial charge in [0.2, 0.25) is 5.91 Å². The number of hydrazone groups is 1. The maximum absolute atomic E-state index is 14.6. The Morgan fingerprint density at radius 1 is 0.803 bits per heavy atom. The van der Waals surface area contributed by atoms with E-state index in [1.54, 1.807) is 24.3 Å². The molecule has 4 N–H and O–H groups in total. The Kier molecular flexibility index (Phi) is 14.7. The second-order valence-corrected chi connectivity index (χ2v) is 17.4. The summed E-state index contributed by atoms with van der Waals surface area (Å²) in [6.45, 7) is 19.6. The number of amides is 4. The number of rotatable bonds is 16. The van der Waals surface area contributed by atoms with Crippen molar-refractivity contribution in [2.75, 3.05) is 40.2 Å². The van der Waals surface area contributed by atoms with Crippen molar-refractivity contribution in [2.45, 2.75) is 91.6 Å². The third-order valence-corrected chi connectivity index (χ3v) is 12.0. The molecule has 0 fully saturated rings. The average molecular weight is 891 g/mol. The molecule has 0 radical (unpaired) electrons. The Balaban J connectivity index is 1.43. The Bertz CT molecular complexity index is 2310. The second-order valence-electron chi connectivity index (χ2n) is 16.1. The van der Waals surface area contributed by atoms with Gasteiger partial charge in [-0.1, -0.05) is 94.5 Å². The third-order valence-electron chi connectivity index (χ3n) is 11.2. The average Bonchev–Trinajstić information content (AvgIpc) is 3.45. The van der Waals surface area contributed by atoms with Crippen molar-refractivity contribution in [2.24, 2.45) is 5.10 Å². The molecule has 4 amide bonds. The Morgan fingerprint density at radius 2 is 1.44 bits per heavy atom. The van der Waals surface area contributed by atoms with Gasteiger partial charge in [0.25, 0.3) is 17.5 Å². The molecule has 4 aromatic rings. The summed E-state index contributed by atoms with van der Waals surface area (Å²) in [4.78, 5) is 57.1. The van der Waals surface area contributed by atoms with E-state index in [-0.39, 0.29) is 49.6 Å². The molecule has 4 aromatic carbocycles. The van der Waals surface area contributed by atoms with E-state index in [2.05, 4.69) is 78.9 Å². The third kappa shape index (κ3) is 10.4. The summed E-state index contributed by atoms with van der Waals surface area (Å²) in [6, 6.07) is 22.4. The first-order valence-corrected chi connectivity index (χ1v) is 21.4. The lowest BCUT2D eigenvalue weighted by molar-refractivity contribution is -0.127. The summed E-state index contributed by atoms with van der Waals surface area (Å²) < 4.78 is 6.13. The van der Waals surface area contributed by atoms with Crippen LogP contribution >= 0.6 is 34.8 Å². The molecule has 1 heterocycles.